The summed E-state index contributed by atoms with van der Waals surface area (Å²) in [5.74, 6) is 2.90. The molecule has 2 nitrogen and oxygen atoms in total. The smallest absolute Gasteiger partial charge is 0.174 e. The molecule has 0 N–H and O–H groups in total. The van der Waals surface area contributed by atoms with Gasteiger partial charge in [-0.3, -0.25) is 0 Å². The zero-order chi connectivity index (χ0) is 29.1. The monoisotopic (exact) mass is 607 g/mol. The summed E-state index contributed by atoms with van der Waals surface area (Å²) in [7, 11) is -0.967. The molecule has 0 radical (unpaired) electrons. The van der Waals surface area contributed by atoms with Crippen molar-refractivity contribution in [3.63, 3.8) is 0 Å². The van der Waals surface area contributed by atoms with Crippen molar-refractivity contribution in [2.24, 2.45) is 28.6 Å². The largest absolute Gasteiger partial charge is 0.424 e. The topological polar surface area (TPSA) is 18.5 Å². The second-order valence-electron chi connectivity index (χ2n) is 15.1. The zero-order valence-corrected chi connectivity index (χ0v) is 31.3. The van der Waals surface area contributed by atoms with Crippen molar-refractivity contribution in [3.05, 3.63) is 0 Å². The Morgan fingerprint density at radius 1 is 0.463 bits per heavy atom. The third-order valence-corrected chi connectivity index (χ3v) is 15.5. The van der Waals surface area contributed by atoms with Gasteiger partial charge in [-0.25, -0.2) is 0 Å². The Morgan fingerprint density at radius 3 is 1.15 bits per heavy atom. The van der Waals surface area contributed by atoms with Gasteiger partial charge >= 0.3 is 0 Å². The maximum absolute atomic E-state index is 6.97. The summed E-state index contributed by atoms with van der Waals surface area (Å²) in [5.41, 5.74) is 0.990. The van der Waals surface area contributed by atoms with Crippen LogP contribution in [-0.4, -0.2) is 31.8 Å². The van der Waals surface area contributed by atoms with Crippen molar-refractivity contribution in [1.29, 1.82) is 0 Å². The van der Waals surface area contributed by atoms with E-state index in [0.717, 1.165) is 31.0 Å². The van der Waals surface area contributed by atoms with Crippen molar-refractivity contribution in [3.8, 4) is 0 Å². The number of unbranched alkanes of at least 4 members (excludes halogenated alkanes) is 9. The summed E-state index contributed by atoms with van der Waals surface area (Å²) in [6, 6.07) is 0. The second-order valence-corrected chi connectivity index (χ2v) is 19.2. The van der Waals surface area contributed by atoms with Gasteiger partial charge in [0.15, 0.2) is 18.6 Å². The van der Waals surface area contributed by atoms with Gasteiger partial charge in [0.2, 0.25) is 0 Å². The van der Waals surface area contributed by atoms with E-state index in [0.29, 0.717) is 10.8 Å². The molecule has 0 spiro atoms. The lowest BCUT2D eigenvalue weighted by atomic mass is 9.58. The SMILES string of the molecule is CCCCCCC(CCCCCC)(CCCCCC)CO[SiH2][SiH2]OCC(C1CCCC1)(C1CCCC1)C1CCCC1. The fraction of sp³-hybridized carbons (Fsp3) is 1.00. The quantitative estimate of drug-likeness (QED) is 0.0760. The van der Waals surface area contributed by atoms with Crippen LogP contribution in [0.5, 0.6) is 0 Å². The van der Waals surface area contributed by atoms with Crippen LogP contribution in [0.25, 0.3) is 0 Å². The first-order valence-electron chi connectivity index (χ1n) is 19.4. The van der Waals surface area contributed by atoms with Crippen LogP contribution in [0, 0.1) is 28.6 Å². The van der Waals surface area contributed by atoms with Crippen molar-refractivity contribution in [2.45, 2.75) is 194 Å². The molecule has 0 bridgehead atoms. The van der Waals surface area contributed by atoms with E-state index in [4.69, 9.17) is 8.85 Å². The Bertz CT molecular complexity index is 550. The minimum Gasteiger partial charge on any atom is -0.424 e. The highest BCUT2D eigenvalue weighted by atomic mass is 29.2. The summed E-state index contributed by atoms with van der Waals surface area (Å²) in [6.45, 7) is 9.25. The first kappa shape index (κ1) is 35.8. The Labute approximate surface area is 262 Å². The standard InChI is InChI=1S/C37H74O2Si2/c1-4-7-10-19-28-36(29-20-11-8-5-2,30-21-12-9-6-3)31-38-40-41-39-32-37(33-22-13-14-23-33,34-24-15-16-25-34)35-26-17-18-27-35/h33-35H,4-32,40-41H2,1-3H3. The minimum absolute atomic E-state index is 0.456. The number of hydrogen-bond acceptors (Lipinski definition) is 2. The highest BCUT2D eigenvalue weighted by molar-refractivity contribution is 6.93. The maximum atomic E-state index is 6.97. The lowest BCUT2D eigenvalue weighted by Crippen LogP contribution is -2.46. The van der Waals surface area contributed by atoms with E-state index in [1.165, 1.54) is 173 Å². The average Bonchev–Trinajstić information content (AvgIpc) is 3.80. The van der Waals surface area contributed by atoms with Gasteiger partial charge in [-0.2, -0.15) is 0 Å². The van der Waals surface area contributed by atoms with Gasteiger partial charge in [0.25, 0.3) is 0 Å². The molecule has 0 heterocycles. The molecule has 0 aromatic rings. The Morgan fingerprint density at radius 2 is 0.805 bits per heavy atom. The Balaban J connectivity index is 1.56. The third-order valence-electron chi connectivity index (χ3n) is 12.2. The van der Waals surface area contributed by atoms with Gasteiger partial charge in [0.05, 0.1) is 0 Å². The van der Waals surface area contributed by atoms with Crippen LogP contribution in [-0.2, 0) is 8.85 Å². The molecular weight excluding hydrogens is 533 g/mol. The molecular formula is C37H74O2Si2. The molecule has 4 heteroatoms. The highest BCUT2D eigenvalue weighted by Crippen LogP contribution is 2.58. The molecule has 0 aromatic heterocycles. The van der Waals surface area contributed by atoms with Gasteiger partial charge in [0, 0.05) is 18.6 Å². The summed E-state index contributed by atoms with van der Waals surface area (Å²) in [5, 5.41) is 0. The maximum Gasteiger partial charge on any atom is 0.174 e. The van der Waals surface area contributed by atoms with E-state index >= 15 is 0 Å². The van der Waals surface area contributed by atoms with Crippen LogP contribution in [0.3, 0.4) is 0 Å². The fourth-order valence-electron chi connectivity index (χ4n) is 9.77. The van der Waals surface area contributed by atoms with Crippen molar-refractivity contribution < 1.29 is 8.85 Å². The average molecular weight is 607 g/mol. The van der Waals surface area contributed by atoms with E-state index in [2.05, 4.69) is 20.8 Å². The van der Waals surface area contributed by atoms with Crippen LogP contribution in [0.15, 0.2) is 0 Å². The van der Waals surface area contributed by atoms with Crippen molar-refractivity contribution in [1.82, 2.24) is 0 Å². The molecule has 0 atom stereocenters. The summed E-state index contributed by atoms with van der Waals surface area (Å²) < 4.78 is 13.8. The molecule has 0 amide bonds. The van der Waals surface area contributed by atoms with Gasteiger partial charge < -0.3 is 8.85 Å². The molecule has 3 fully saturated rings. The first-order valence-corrected chi connectivity index (χ1v) is 24.5. The number of rotatable bonds is 25. The first-order chi connectivity index (χ1) is 20.2. The van der Waals surface area contributed by atoms with E-state index in [9.17, 15) is 0 Å². The third kappa shape index (κ3) is 11.7. The number of hydrogen-bond donors (Lipinski definition) is 0. The molecule has 3 aliphatic rings. The van der Waals surface area contributed by atoms with Crippen LogP contribution in [0.1, 0.15) is 194 Å². The normalized spacial score (nSPS) is 20.3. The van der Waals surface area contributed by atoms with Gasteiger partial charge in [-0.1, -0.05) is 136 Å². The van der Waals surface area contributed by atoms with Crippen molar-refractivity contribution in [2.75, 3.05) is 13.2 Å². The van der Waals surface area contributed by atoms with E-state index < -0.39 is 18.6 Å². The lowest BCUT2D eigenvalue weighted by molar-refractivity contribution is -0.0364. The second kappa shape index (κ2) is 21.2. The molecule has 0 unspecified atom stereocenters. The minimum atomic E-state index is -0.484. The summed E-state index contributed by atoms with van der Waals surface area (Å²) >= 11 is 0. The van der Waals surface area contributed by atoms with Crippen LogP contribution in [0.4, 0.5) is 0 Å². The predicted octanol–water partition coefficient (Wildman–Crippen LogP) is 10.6. The molecule has 0 saturated heterocycles. The van der Waals surface area contributed by atoms with Gasteiger partial charge in [-0.05, 0) is 81.0 Å². The van der Waals surface area contributed by atoms with E-state index in [-0.39, 0.29) is 0 Å². The van der Waals surface area contributed by atoms with Crippen molar-refractivity contribution >= 4 is 18.6 Å². The molecule has 3 aliphatic carbocycles. The Kier molecular flexibility index (Phi) is 18.5. The van der Waals surface area contributed by atoms with Crippen LogP contribution >= 0.6 is 0 Å². The van der Waals surface area contributed by atoms with Crippen LogP contribution < -0.4 is 0 Å². The van der Waals surface area contributed by atoms with Gasteiger partial charge in [-0.15, -0.1) is 0 Å². The highest BCUT2D eigenvalue weighted by Gasteiger charge is 2.52. The van der Waals surface area contributed by atoms with Crippen LogP contribution in [0.2, 0.25) is 0 Å². The molecule has 3 rings (SSSR count). The lowest BCUT2D eigenvalue weighted by Gasteiger charge is -2.49. The Hall–Kier alpha value is 0.354. The molecule has 0 aromatic carbocycles. The van der Waals surface area contributed by atoms with E-state index in [1.807, 2.05) is 0 Å². The summed E-state index contributed by atoms with van der Waals surface area (Å²) in [6.07, 6.45) is 38.9. The summed E-state index contributed by atoms with van der Waals surface area (Å²) in [4.78, 5) is 0. The molecule has 0 aliphatic heterocycles. The molecule has 41 heavy (non-hydrogen) atoms. The molecule has 3 saturated carbocycles. The van der Waals surface area contributed by atoms with E-state index in [1.54, 1.807) is 0 Å². The zero-order valence-electron chi connectivity index (χ0n) is 28.5. The predicted molar refractivity (Wildman–Crippen MR) is 186 cm³/mol. The fourth-order valence-corrected chi connectivity index (χ4v) is 12.7. The molecule has 242 valence electrons. The van der Waals surface area contributed by atoms with Gasteiger partial charge in [0.1, 0.15) is 0 Å².